The van der Waals surface area contributed by atoms with E-state index in [0.29, 0.717) is 6.54 Å². The molecular formula is C14H19FN2O. The molecule has 1 aliphatic heterocycles. The summed E-state index contributed by atoms with van der Waals surface area (Å²) < 4.78 is 12.6. The van der Waals surface area contributed by atoms with E-state index in [1.807, 2.05) is 18.2 Å². The first-order valence-corrected chi connectivity index (χ1v) is 6.19. The van der Waals surface area contributed by atoms with E-state index in [1.165, 1.54) is 5.56 Å². The Balaban J connectivity index is 2.06. The maximum absolute atomic E-state index is 12.6. The van der Waals surface area contributed by atoms with Gasteiger partial charge in [-0.1, -0.05) is 18.2 Å². The van der Waals surface area contributed by atoms with Crippen molar-refractivity contribution in [1.82, 2.24) is 9.80 Å². The molecule has 0 atom stereocenters. The molecule has 0 unspecified atom stereocenters. The van der Waals surface area contributed by atoms with Crippen molar-refractivity contribution in [2.24, 2.45) is 0 Å². The van der Waals surface area contributed by atoms with E-state index in [2.05, 4.69) is 4.90 Å². The number of alkyl halides is 1. The second kappa shape index (κ2) is 5.48. The van der Waals surface area contributed by atoms with Crippen molar-refractivity contribution >= 4 is 5.91 Å². The lowest BCUT2D eigenvalue weighted by molar-refractivity contribution is -0.130. The fourth-order valence-corrected chi connectivity index (χ4v) is 2.22. The number of halogens is 1. The van der Waals surface area contributed by atoms with Gasteiger partial charge in [0.15, 0.2) is 0 Å². The van der Waals surface area contributed by atoms with Crippen LogP contribution in [0.1, 0.15) is 16.7 Å². The van der Waals surface area contributed by atoms with E-state index in [0.717, 1.165) is 30.6 Å². The lowest BCUT2D eigenvalue weighted by atomic mass is 9.97. The van der Waals surface area contributed by atoms with E-state index in [-0.39, 0.29) is 5.91 Å². The van der Waals surface area contributed by atoms with Crippen LogP contribution in [0.15, 0.2) is 18.2 Å². The molecule has 4 heteroatoms. The summed E-state index contributed by atoms with van der Waals surface area (Å²) in [6, 6.07) is 5.77. The van der Waals surface area contributed by atoms with Crippen LogP contribution >= 0.6 is 0 Å². The largest absolute Gasteiger partial charge is 0.348 e. The van der Waals surface area contributed by atoms with Gasteiger partial charge in [0.1, 0.15) is 6.67 Å². The highest BCUT2D eigenvalue weighted by atomic mass is 19.1. The minimum Gasteiger partial charge on any atom is -0.348 e. The van der Waals surface area contributed by atoms with Crippen molar-refractivity contribution in [1.29, 1.82) is 0 Å². The summed E-state index contributed by atoms with van der Waals surface area (Å²) in [5, 5.41) is 0. The van der Waals surface area contributed by atoms with Crippen LogP contribution < -0.4 is 0 Å². The average molecular weight is 250 g/mol. The van der Waals surface area contributed by atoms with E-state index >= 15 is 0 Å². The lowest BCUT2D eigenvalue weighted by Gasteiger charge is -2.29. The molecule has 98 valence electrons. The second-order valence-corrected chi connectivity index (χ2v) is 4.99. The molecule has 18 heavy (non-hydrogen) atoms. The van der Waals surface area contributed by atoms with E-state index in [1.54, 1.807) is 19.0 Å². The highest BCUT2D eigenvalue weighted by molar-refractivity contribution is 5.77. The molecule has 3 nitrogen and oxygen atoms in total. The van der Waals surface area contributed by atoms with E-state index in [4.69, 9.17) is 0 Å². The zero-order chi connectivity index (χ0) is 13.1. The summed E-state index contributed by atoms with van der Waals surface area (Å²) in [4.78, 5) is 15.4. The zero-order valence-corrected chi connectivity index (χ0v) is 10.9. The van der Waals surface area contributed by atoms with Crippen molar-refractivity contribution in [3.63, 3.8) is 0 Å². The number of fused-ring (bicyclic) bond motifs is 1. The number of amides is 1. The lowest BCUT2D eigenvalue weighted by Crippen LogP contribution is -2.39. The summed E-state index contributed by atoms with van der Waals surface area (Å²) >= 11 is 0. The van der Waals surface area contributed by atoms with Gasteiger partial charge in [0.25, 0.3) is 0 Å². The summed E-state index contributed by atoms with van der Waals surface area (Å²) in [6.07, 6.45) is 0.933. The highest BCUT2D eigenvalue weighted by Gasteiger charge is 2.19. The molecule has 0 bridgehead atoms. The molecular weight excluding hydrogens is 231 g/mol. The van der Waals surface area contributed by atoms with Gasteiger partial charge in [-0.15, -0.1) is 0 Å². The number of nitrogens with zero attached hydrogens (tertiary/aromatic N) is 2. The maximum Gasteiger partial charge on any atom is 0.236 e. The third-order valence-electron chi connectivity index (χ3n) is 3.37. The molecule has 0 N–H and O–H groups in total. The number of rotatable bonds is 3. The molecule has 0 spiro atoms. The fraction of sp³-hybridized carbons (Fsp3) is 0.500. The Morgan fingerprint density at radius 2 is 2.17 bits per heavy atom. The molecule has 0 saturated carbocycles. The van der Waals surface area contributed by atoms with Crippen LogP contribution in [0.25, 0.3) is 0 Å². The predicted molar refractivity (Wildman–Crippen MR) is 68.9 cm³/mol. The van der Waals surface area contributed by atoms with Crippen LogP contribution in [0.3, 0.4) is 0 Å². The van der Waals surface area contributed by atoms with Crippen LogP contribution in [0.2, 0.25) is 0 Å². The Morgan fingerprint density at radius 3 is 2.83 bits per heavy atom. The Bertz CT molecular complexity index is 445. The molecule has 0 radical (unpaired) electrons. The molecule has 1 aromatic rings. The number of hydrogen-bond acceptors (Lipinski definition) is 2. The Kier molecular flexibility index (Phi) is 3.97. The van der Waals surface area contributed by atoms with E-state index < -0.39 is 6.67 Å². The van der Waals surface area contributed by atoms with Crippen molar-refractivity contribution in [2.45, 2.75) is 19.6 Å². The SMILES string of the molecule is CN(C)C(=O)CN1CCc2ccc(CF)cc2C1. The molecule has 2 rings (SSSR count). The normalized spacial score (nSPS) is 15.3. The Hall–Kier alpha value is -1.42. The number of benzene rings is 1. The fourth-order valence-electron chi connectivity index (χ4n) is 2.22. The quantitative estimate of drug-likeness (QED) is 0.813. The van der Waals surface area contributed by atoms with Gasteiger partial charge in [0.05, 0.1) is 6.54 Å². The van der Waals surface area contributed by atoms with Crippen molar-refractivity contribution < 1.29 is 9.18 Å². The van der Waals surface area contributed by atoms with E-state index in [9.17, 15) is 9.18 Å². The number of likely N-dealkylation sites (N-methyl/N-ethyl adjacent to an activating group) is 1. The van der Waals surface area contributed by atoms with Gasteiger partial charge in [-0.25, -0.2) is 4.39 Å². The third-order valence-corrected chi connectivity index (χ3v) is 3.37. The Morgan fingerprint density at radius 1 is 1.39 bits per heavy atom. The Labute approximate surface area is 107 Å². The third kappa shape index (κ3) is 2.88. The van der Waals surface area contributed by atoms with Gasteiger partial charge >= 0.3 is 0 Å². The number of carbonyl (C=O) groups excluding carboxylic acids is 1. The minimum atomic E-state index is -0.427. The molecule has 1 amide bonds. The van der Waals surface area contributed by atoms with Crippen LogP contribution in [0.4, 0.5) is 4.39 Å². The summed E-state index contributed by atoms with van der Waals surface area (Å²) in [5.74, 6) is 0.111. The summed E-state index contributed by atoms with van der Waals surface area (Å²) in [5.41, 5.74) is 3.15. The topological polar surface area (TPSA) is 23.6 Å². The van der Waals surface area contributed by atoms with Gasteiger partial charge in [-0.05, 0) is 23.1 Å². The minimum absolute atomic E-state index is 0.111. The van der Waals surface area contributed by atoms with Crippen molar-refractivity contribution in [2.75, 3.05) is 27.2 Å². The smallest absolute Gasteiger partial charge is 0.236 e. The van der Waals surface area contributed by atoms with Crippen LogP contribution in [0, 0.1) is 0 Å². The summed E-state index contributed by atoms with van der Waals surface area (Å²) in [7, 11) is 3.53. The van der Waals surface area contributed by atoms with Gasteiger partial charge in [-0.2, -0.15) is 0 Å². The number of carbonyl (C=O) groups is 1. The van der Waals surface area contributed by atoms with Gasteiger partial charge < -0.3 is 4.90 Å². The molecule has 0 aromatic heterocycles. The first-order chi connectivity index (χ1) is 8.60. The standard InChI is InChI=1S/C14H19FN2O/c1-16(2)14(18)10-17-6-5-12-4-3-11(8-15)7-13(12)9-17/h3-4,7H,5-6,8-10H2,1-2H3. The van der Waals surface area contributed by atoms with Gasteiger partial charge in [0, 0.05) is 27.2 Å². The number of hydrogen-bond donors (Lipinski definition) is 0. The van der Waals surface area contributed by atoms with Gasteiger partial charge in [0.2, 0.25) is 5.91 Å². The van der Waals surface area contributed by atoms with Crippen LogP contribution in [-0.4, -0.2) is 42.9 Å². The van der Waals surface area contributed by atoms with Crippen molar-refractivity contribution in [3.8, 4) is 0 Å². The molecule has 1 aromatic carbocycles. The molecule has 1 heterocycles. The maximum atomic E-state index is 12.6. The van der Waals surface area contributed by atoms with Gasteiger partial charge in [-0.3, -0.25) is 9.69 Å². The average Bonchev–Trinajstić information content (AvgIpc) is 2.37. The monoisotopic (exact) mass is 250 g/mol. The molecule has 0 saturated heterocycles. The predicted octanol–water partition coefficient (Wildman–Crippen LogP) is 1.60. The van der Waals surface area contributed by atoms with Crippen LogP contribution in [-0.2, 0) is 24.4 Å². The zero-order valence-electron chi connectivity index (χ0n) is 10.9. The first kappa shape index (κ1) is 13.0. The summed E-state index contributed by atoms with van der Waals surface area (Å²) in [6.45, 7) is 1.64. The highest BCUT2D eigenvalue weighted by Crippen LogP contribution is 2.20. The molecule has 0 aliphatic carbocycles. The molecule has 1 aliphatic rings. The first-order valence-electron chi connectivity index (χ1n) is 6.19. The van der Waals surface area contributed by atoms with Crippen LogP contribution in [0.5, 0.6) is 0 Å². The molecule has 0 fully saturated rings. The second-order valence-electron chi connectivity index (χ2n) is 4.99. The van der Waals surface area contributed by atoms with Crippen molar-refractivity contribution in [3.05, 3.63) is 34.9 Å².